The zero-order valence-electron chi connectivity index (χ0n) is 9.95. The number of rotatable bonds is 5. The second-order valence-corrected chi connectivity index (χ2v) is 4.13. The van der Waals surface area contributed by atoms with Gasteiger partial charge in [0.15, 0.2) is 0 Å². The molecule has 17 heavy (non-hydrogen) atoms. The second kappa shape index (κ2) is 5.93. The molecule has 0 aliphatic carbocycles. The van der Waals surface area contributed by atoms with Gasteiger partial charge in [-0.15, -0.1) is 0 Å². The Balaban J connectivity index is 2.89. The lowest BCUT2D eigenvalue weighted by Crippen LogP contribution is -2.24. The van der Waals surface area contributed by atoms with Crippen molar-refractivity contribution in [3.05, 3.63) is 29.3 Å². The van der Waals surface area contributed by atoms with E-state index in [9.17, 15) is 8.78 Å². The van der Waals surface area contributed by atoms with Crippen LogP contribution in [0.25, 0.3) is 0 Å². The highest BCUT2D eigenvalue weighted by Crippen LogP contribution is 2.24. The van der Waals surface area contributed by atoms with Crippen LogP contribution in [0.4, 0.5) is 14.5 Å². The molecular formula is C12H17F2NO2. The molecule has 1 aromatic rings. The number of benzene rings is 1. The monoisotopic (exact) mass is 245 g/mol. The van der Waals surface area contributed by atoms with Gasteiger partial charge in [-0.25, -0.2) is 8.78 Å². The molecule has 0 spiro atoms. The summed E-state index contributed by atoms with van der Waals surface area (Å²) >= 11 is 0. The highest BCUT2D eigenvalue weighted by atomic mass is 19.1. The molecule has 1 rings (SSSR count). The van der Waals surface area contributed by atoms with Crippen LogP contribution in [0.15, 0.2) is 12.1 Å². The van der Waals surface area contributed by atoms with Crippen molar-refractivity contribution in [3.8, 4) is 0 Å². The molecule has 0 aromatic heterocycles. The molecule has 0 fully saturated rings. The molecule has 0 heterocycles. The minimum absolute atomic E-state index is 0.136. The Labute approximate surface area is 99.3 Å². The zero-order valence-corrected chi connectivity index (χ0v) is 9.95. The molecule has 0 amide bonds. The van der Waals surface area contributed by atoms with Gasteiger partial charge in [-0.1, -0.05) is 0 Å². The molecule has 0 radical (unpaired) electrons. The highest BCUT2D eigenvalue weighted by Gasteiger charge is 2.15. The van der Waals surface area contributed by atoms with E-state index in [1.807, 2.05) is 0 Å². The average Bonchev–Trinajstić information content (AvgIpc) is 2.25. The average molecular weight is 245 g/mol. The Bertz CT molecular complexity index is 360. The lowest BCUT2D eigenvalue weighted by atomic mass is 10.1. The van der Waals surface area contributed by atoms with Gasteiger partial charge in [-0.3, -0.25) is 0 Å². The fourth-order valence-electron chi connectivity index (χ4n) is 1.57. The Hall–Kier alpha value is -1.20. The maximum atomic E-state index is 13.6. The number of nitrogens with zero attached hydrogens (tertiary/aromatic N) is 1. The molecule has 5 heteroatoms. The van der Waals surface area contributed by atoms with E-state index in [-0.39, 0.29) is 11.3 Å². The first-order chi connectivity index (χ1) is 7.95. The van der Waals surface area contributed by atoms with Gasteiger partial charge in [0.1, 0.15) is 17.3 Å². The van der Waals surface area contributed by atoms with Crippen molar-refractivity contribution >= 4 is 5.69 Å². The summed E-state index contributed by atoms with van der Waals surface area (Å²) in [6, 6.07) is 2.22. The van der Waals surface area contributed by atoms with Gasteiger partial charge in [0.05, 0.1) is 12.7 Å². The molecule has 0 saturated carbocycles. The Morgan fingerprint density at radius 3 is 2.24 bits per heavy atom. The SMILES string of the molecule is CC(O)CCN(C)c1c(F)cc(CO)cc1F. The molecule has 96 valence electrons. The zero-order chi connectivity index (χ0) is 13.0. The van der Waals surface area contributed by atoms with Crippen LogP contribution in [-0.4, -0.2) is 29.9 Å². The summed E-state index contributed by atoms with van der Waals surface area (Å²) in [7, 11) is 1.56. The quantitative estimate of drug-likeness (QED) is 0.829. The van der Waals surface area contributed by atoms with Gasteiger partial charge < -0.3 is 15.1 Å². The first-order valence-corrected chi connectivity index (χ1v) is 5.43. The van der Waals surface area contributed by atoms with E-state index in [0.29, 0.717) is 13.0 Å². The van der Waals surface area contributed by atoms with Crippen molar-refractivity contribution in [2.45, 2.75) is 26.1 Å². The Kier molecular flexibility index (Phi) is 4.84. The van der Waals surface area contributed by atoms with E-state index in [4.69, 9.17) is 10.2 Å². The van der Waals surface area contributed by atoms with Crippen molar-refractivity contribution in [2.24, 2.45) is 0 Å². The first kappa shape index (κ1) is 13.9. The molecule has 0 saturated heterocycles. The summed E-state index contributed by atoms with van der Waals surface area (Å²) in [5, 5.41) is 17.9. The highest BCUT2D eigenvalue weighted by molar-refractivity contribution is 5.50. The third kappa shape index (κ3) is 3.64. The molecule has 2 N–H and O–H groups in total. The largest absolute Gasteiger partial charge is 0.393 e. The fraction of sp³-hybridized carbons (Fsp3) is 0.500. The van der Waals surface area contributed by atoms with Gasteiger partial charge >= 0.3 is 0 Å². The normalized spacial score (nSPS) is 12.6. The van der Waals surface area contributed by atoms with Gasteiger partial charge in [0.25, 0.3) is 0 Å². The predicted molar refractivity (Wildman–Crippen MR) is 61.8 cm³/mol. The van der Waals surface area contributed by atoms with Crippen LogP contribution in [0, 0.1) is 11.6 Å². The van der Waals surface area contributed by atoms with E-state index in [2.05, 4.69) is 0 Å². The van der Waals surface area contributed by atoms with Crippen LogP contribution < -0.4 is 4.90 Å². The van der Waals surface area contributed by atoms with Crippen LogP contribution >= 0.6 is 0 Å². The number of anilines is 1. The van der Waals surface area contributed by atoms with Crippen molar-refractivity contribution in [3.63, 3.8) is 0 Å². The summed E-state index contributed by atoms with van der Waals surface area (Å²) in [6.07, 6.45) is -0.0859. The van der Waals surface area contributed by atoms with E-state index in [1.165, 1.54) is 4.90 Å². The predicted octanol–water partition coefficient (Wildman–Crippen LogP) is 1.66. The van der Waals surface area contributed by atoms with Crippen molar-refractivity contribution in [2.75, 3.05) is 18.5 Å². The molecule has 1 atom stereocenters. The third-order valence-electron chi connectivity index (χ3n) is 2.52. The molecule has 0 bridgehead atoms. The van der Waals surface area contributed by atoms with Crippen molar-refractivity contribution < 1.29 is 19.0 Å². The Morgan fingerprint density at radius 1 is 1.29 bits per heavy atom. The first-order valence-electron chi connectivity index (χ1n) is 5.43. The topological polar surface area (TPSA) is 43.7 Å². The molecule has 1 unspecified atom stereocenters. The molecular weight excluding hydrogens is 228 g/mol. The Morgan fingerprint density at radius 2 is 1.82 bits per heavy atom. The lowest BCUT2D eigenvalue weighted by molar-refractivity contribution is 0.186. The maximum Gasteiger partial charge on any atom is 0.149 e. The number of aliphatic hydroxyl groups excluding tert-OH is 2. The molecule has 0 aliphatic rings. The molecule has 1 aromatic carbocycles. The van der Waals surface area contributed by atoms with E-state index >= 15 is 0 Å². The van der Waals surface area contributed by atoms with Gasteiger partial charge in [0, 0.05) is 13.6 Å². The second-order valence-electron chi connectivity index (χ2n) is 4.13. The summed E-state index contributed by atoms with van der Waals surface area (Å²) in [4.78, 5) is 1.42. The van der Waals surface area contributed by atoms with E-state index < -0.39 is 24.3 Å². The van der Waals surface area contributed by atoms with Crippen molar-refractivity contribution in [1.29, 1.82) is 0 Å². The van der Waals surface area contributed by atoms with Gasteiger partial charge in [-0.05, 0) is 31.0 Å². The van der Waals surface area contributed by atoms with E-state index in [1.54, 1.807) is 14.0 Å². The third-order valence-corrected chi connectivity index (χ3v) is 2.52. The molecule has 0 aliphatic heterocycles. The van der Waals surface area contributed by atoms with Crippen LogP contribution in [0.5, 0.6) is 0 Å². The van der Waals surface area contributed by atoms with Crippen LogP contribution in [0.3, 0.4) is 0 Å². The van der Waals surface area contributed by atoms with Crippen LogP contribution in [-0.2, 0) is 6.61 Å². The summed E-state index contributed by atoms with van der Waals surface area (Å²) in [5.41, 5.74) is 0.0653. The number of halogens is 2. The summed E-state index contributed by atoms with van der Waals surface area (Å²) in [5.74, 6) is -1.41. The van der Waals surface area contributed by atoms with Crippen LogP contribution in [0.2, 0.25) is 0 Å². The minimum Gasteiger partial charge on any atom is -0.393 e. The van der Waals surface area contributed by atoms with Gasteiger partial charge in [-0.2, -0.15) is 0 Å². The molecule has 3 nitrogen and oxygen atoms in total. The van der Waals surface area contributed by atoms with E-state index in [0.717, 1.165) is 12.1 Å². The van der Waals surface area contributed by atoms with Gasteiger partial charge in [0.2, 0.25) is 0 Å². The number of hydrogen-bond acceptors (Lipinski definition) is 3. The number of aliphatic hydroxyl groups is 2. The maximum absolute atomic E-state index is 13.6. The minimum atomic E-state index is -0.706. The lowest BCUT2D eigenvalue weighted by Gasteiger charge is -2.21. The summed E-state index contributed by atoms with van der Waals surface area (Å²) in [6.45, 7) is 1.57. The van der Waals surface area contributed by atoms with Crippen LogP contribution in [0.1, 0.15) is 18.9 Å². The number of hydrogen-bond donors (Lipinski definition) is 2. The summed E-state index contributed by atoms with van der Waals surface area (Å²) < 4.78 is 27.2. The fourth-order valence-corrected chi connectivity index (χ4v) is 1.57. The smallest absolute Gasteiger partial charge is 0.149 e. The standard InChI is InChI=1S/C12H17F2NO2/c1-8(17)3-4-15(2)12-10(13)5-9(7-16)6-11(12)14/h5-6,8,16-17H,3-4,7H2,1-2H3. The van der Waals surface area contributed by atoms with Crippen molar-refractivity contribution in [1.82, 2.24) is 0 Å².